The molecule has 0 aliphatic carbocycles. The van der Waals surface area contributed by atoms with E-state index in [4.69, 9.17) is 21.3 Å². The van der Waals surface area contributed by atoms with Crippen molar-refractivity contribution in [1.29, 1.82) is 0 Å². The molecule has 1 saturated heterocycles. The zero-order valence-electron chi connectivity index (χ0n) is 17.3. The van der Waals surface area contributed by atoms with Crippen molar-refractivity contribution in [1.82, 2.24) is 24.7 Å². The molecule has 3 aromatic rings. The van der Waals surface area contributed by atoms with Gasteiger partial charge in [-0.2, -0.15) is 0 Å². The van der Waals surface area contributed by atoms with Crippen LogP contribution in [0.2, 0.25) is 5.02 Å². The fourth-order valence-corrected chi connectivity index (χ4v) is 3.71. The van der Waals surface area contributed by atoms with Crippen LogP contribution in [0.1, 0.15) is 33.6 Å². The Bertz CT molecular complexity index is 1060. The lowest BCUT2D eigenvalue weighted by molar-refractivity contribution is 0.0500. The van der Waals surface area contributed by atoms with Crippen molar-refractivity contribution in [2.45, 2.75) is 45.3 Å². The van der Waals surface area contributed by atoms with E-state index in [9.17, 15) is 4.79 Å². The molecule has 0 saturated carbocycles. The van der Waals surface area contributed by atoms with Crippen LogP contribution in [-0.4, -0.2) is 50.2 Å². The number of hydrogen-bond donors (Lipinski definition) is 1. The van der Waals surface area contributed by atoms with Crippen molar-refractivity contribution in [2.75, 3.05) is 18.0 Å². The quantitative estimate of drug-likeness (QED) is 0.680. The van der Waals surface area contributed by atoms with Crippen LogP contribution >= 0.6 is 11.6 Å². The number of nitrogens with zero attached hydrogens (tertiary/aromatic N) is 5. The Kier molecular flexibility index (Phi) is 5.51. The van der Waals surface area contributed by atoms with E-state index in [-0.39, 0.29) is 12.1 Å². The normalized spacial score (nSPS) is 17.2. The zero-order chi connectivity index (χ0) is 21.3. The molecule has 1 fully saturated rings. The molecule has 1 amide bonds. The standard InChI is InChI=1S/C21H25ClN6O2/c1-21(2,3)30-20(29)25-15-5-4-10-27(13-15)18-8-9-23-19(26-18)16-11-24-17-7-6-14(22)12-28(16)17/h6-9,11-12,15H,4-5,10,13H2,1-3H3,(H,25,29)/t15-/m0/s1. The summed E-state index contributed by atoms with van der Waals surface area (Å²) >= 11 is 6.14. The second-order valence-corrected chi connectivity index (χ2v) is 8.83. The second-order valence-electron chi connectivity index (χ2n) is 8.39. The van der Waals surface area contributed by atoms with Crippen molar-refractivity contribution in [3.8, 4) is 11.5 Å². The summed E-state index contributed by atoms with van der Waals surface area (Å²) in [6.07, 6.45) is 6.75. The van der Waals surface area contributed by atoms with Crippen molar-refractivity contribution in [3.05, 3.63) is 41.8 Å². The molecular weight excluding hydrogens is 404 g/mol. The predicted molar refractivity (Wildman–Crippen MR) is 116 cm³/mol. The number of carbonyl (C=O) groups excluding carboxylic acids is 1. The van der Waals surface area contributed by atoms with Crippen LogP contribution in [0.15, 0.2) is 36.8 Å². The van der Waals surface area contributed by atoms with E-state index in [1.54, 1.807) is 24.7 Å². The summed E-state index contributed by atoms with van der Waals surface area (Å²) in [7, 11) is 0. The third kappa shape index (κ3) is 4.64. The van der Waals surface area contributed by atoms with Gasteiger partial charge in [0.2, 0.25) is 0 Å². The predicted octanol–water partition coefficient (Wildman–Crippen LogP) is 3.94. The Morgan fingerprint density at radius 1 is 1.27 bits per heavy atom. The first-order chi connectivity index (χ1) is 14.3. The number of aromatic nitrogens is 4. The Balaban J connectivity index is 1.52. The first kappa shape index (κ1) is 20.4. The van der Waals surface area contributed by atoms with E-state index in [1.165, 1.54) is 0 Å². The highest BCUT2D eigenvalue weighted by molar-refractivity contribution is 6.30. The number of rotatable bonds is 3. The number of anilines is 1. The molecule has 0 bridgehead atoms. The monoisotopic (exact) mass is 428 g/mol. The number of carbonyl (C=O) groups is 1. The maximum Gasteiger partial charge on any atom is 0.407 e. The van der Waals surface area contributed by atoms with Crippen LogP contribution in [0.4, 0.5) is 10.6 Å². The van der Waals surface area contributed by atoms with E-state index in [0.717, 1.165) is 36.5 Å². The first-order valence-corrected chi connectivity index (χ1v) is 10.4. The molecule has 4 rings (SSSR count). The van der Waals surface area contributed by atoms with Gasteiger partial charge in [0, 0.05) is 31.5 Å². The number of hydrogen-bond acceptors (Lipinski definition) is 6. The fourth-order valence-electron chi connectivity index (χ4n) is 3.55. The van der Waals surface area contributed by atoms with Gasteiger partial charge in [-0.3, -0.25) is 4.40 Å². The van der Waals surface area contributed by atoms with Crippen molar-refractivity contribution >= 4 is 29.2 Å². The maximum absolute atomic E-state index is 12.1. The maximum atomic E-state index is 12.1. The van der Waals surface area contributed by atoms with Gasteiger partial charge in [0.05, 0.1) is 11.2 Å². The number of pyridine rings is 1. The minimum Gasteiger partial charge on any atom is -0.444 e. The van der Waals surface area contributed by atoms with Gasteiger partial charge in [0.25, 0.3) is 0 Å². The molecule has 1 atom stereocenters. The van der Waals surface area contributed by atoms with E-state index in [0.29, 0.717) is 17.4 Å². The number of fused-ring (bicyclic) bond motifs is 1. The number of ether oxygens (including phenoxy) is 1. The summed E-state index contributed by atoms with van der Waals surface area (Å²) in [5, 5.41) is 3.59. The molecule has 4 heterocycles. The number of imidazole rings is 1. The highest BCUT2D eigenvalue weighted by Gasteiger charge is 2.25. The molecule has 8 nitrogen and oxygen atoms in total. The molecule has 30 heavy (non-hydrogen) atoms. The lowest BCUT2D eigenvalue weighted by atomic mass is 10.1. The van der Waals surface area contributed by atoms with E-state index < -0.39 is 5.60 Å². The van der Waals surface area contributed by atoms with Crippen LogP contribution in [0.5, 0.6) is 0 Å². The summed E-state index contributed by atoms with van der Waals surface area (Å²) in [6, 6.07) is 5.54. The molecule has 0 spiro atoms. The van der Waals surface area contributed by atoms with Crippen LogP contribution in [0.25, 0.3) is 17.2 Å². The molecule has 0 radical (unpaired) electrons. The number of amides is 1. The van der Waals surface area contributed by atoms with E-state index in [1.807, 2.05) is 37.3 Å². The lowest BCUT2D eigenvalue weighted by Gasteiger charge is -2.34. The van der Waals surface area contributed by atoms with Crippen LogP contribution in [0, 0.1) is 0 Å². The molecule has 1 aliphatic heterocycles. The van der Waals surface area contributed by atoms with Crippen molar-refractivity contribution < 1.29 is 9.53 Å². The SMILES string of the molecule is CC(C)(C)OC(=O)N[C@H]1CCCN(c2ccnc(-c3cnc4ccc(Cl)cn34)n2)C1. The number of alkyl carbamates (subject to hydrolysis) is 1. The summed E-state index contributed by atoms with van der Waals surface area (Å²) in [6.45, 7) is 7.09. The van der Waals surface area contributed by atoms with Gasteiger partial charge in [0.15, 0.2) is 5.82 Å². The van der Waals surface area contributed by atoms with E-state index >= 15 is 0 Å². The molecular formula is C21H25ClN6O2. The van der Waals surface area contributed by atoms with Crippen molar-refractivity contribution in [3.63, 3.8) is 0 Å². The van der Waals surface area contributed by atoms with Crippen LogP contribution < -0.4 is 10.2 Å². The Labute approximate surface area is 180 Å². The smallest absolute Gasteiger partial charge is 0.407 e. The molecule has 0 unspecified atom stereocenters. The fraction of sp³-hybridized carbons (Fsp3) is 0.429. The number of halogens is 1. The van der Waals surface area contributed by atoms with Gasteiger partial charge in [-0.1, -0.05) is 11.6 Å². The zero-order valence-corrected chi connectivity index (χ0v) is 18.1. The number of piperidine rings is 1. The molecule has 0 aromatic carbocycles. The van der Waals surface area contributed by atoms with Gasteiger partial charge in [0.1, 0.15) is 22.8 Å². The Morgan fingerprint density at radius 3 is 2.90 bits per heavy atom. The Hall–Kier alpha value is -2.87. The van der Waals surface area contributed by atoms with Gasteiger partial charge in [-0.15, -0.1) is 0 Å². The van der Waals surface area contributed by atoms with Gasteiger partial charge in [-0.25, -0.2) is 19.7 Å². The third-order valence-electron chi connectivity index (χ3n) is 4.81. The topological polar surface area (TPSA) is 84.6 Å². The molecule has 3 aromatic heterocycles. The average Bonchev–Trinajstić information content (AvgIpc) is 3.10. The molecule has 1 aliphatic rings. The lowest BCUT2D eigenvalue weighted by Crippen LogP contribution is -2.49. The highest BCUT2D eigenvalue weighted by atomic mass is 35.5. The van der Waals surface area contributed by atoms with Crippen LogP contribution in [0.3, 0.4) is 0 Å². The van der Waals surface area contributed by atoms with Gasteiger partial charge >= 0.3 is 6.09 Å². The summed E-state index contributed by atoms with van der Waals surface area (Å²) < 4.78 is 7.26. The summed E-state index contributed by atoms with van der Waals surface area (Å²) in [4.78, 5) is 27.9. The highest BCUT2D eigenvalue weighted by Crippen LogP contribution is 2.23. The summed E-state index contributed by atoms with van der Waals surface area (Å²) in [5.41, 5.74) is 1.04. The molecule has 9 heteroatoms. The van der Waals surface area contributed by atoms with Crippen LogP contribution in [-0.2, 0) is 4.74 Å². The van der Waals surface area contributed by atoms with E-state index in [2.05, 4.69) is 20.2 Å². The number of nitrogens with one attached hydrogen (secondary N) is 1. The van der Waals surface area contributed by atoms with Crippen molar-refractivity contribution in [2.24, 2.45) is 0 Å². The molecule has 158 valence electrons. The Morgan fingerprint density at radius 2 is 2.10 bits per heavy atom. The minimum absolute atomic E-state index is 0.00150. The van der Waals surface area contributed by atoms with Gasteiger partial charge < -0.3 is 15.0 Å². The largest absolute Gasteiger partial charge is 0.444 e. The molecule has 1 N–H and O–H groups in total. The first-order valence-electron chi connectivity index (χ1n) is 9.99. The third-order valence-corrected chi connectivity index (χ3v) is 5.03. The minimum atomic E-state index is -0.517. The van der Waals surface area contributed by atoms with Gasteiger partial charge in [-0.05, 0) is 51.8 Å². The second kappa shape index (κ2) is 8.10. The average molecular weight is 429 g/mol. The summed E-state index contributed by atoms with van der Waals surface area (Å²) in [5.74, 6) is 1.39.